The number of aromatic amines is 1. The molecule has 206 valence electrons. The van der Waals surface area contributed by atoms with Crippen LogP contribution < -0.4 is 19.9 Å². The molecule has 13 heteroatoms. The molecule has 0 fully saturated rings. The molecular formula is C26H25ClF2N4O6. The summed E-state index contributed by atoms with van der Waals surface area (Å²) in [4.78, 5) is 36.2. The number of carbonyl (C=O) groups excluding carboxylic acids is 1. The van der Waals surface area contributed by atoms with E-state index in [0.29, 0.717) is 11.4 Å². The second-order valence-electron chi connectivity index (χ2n) is 8.29. The van der Waals surface area contributed by atoms with Gasteiger partial charge in [0, 0.05) is 12.5 Å². The summed E-state index contributed by atoms with van der Waals surface area (Å²) in [5, 5.41) is 0.147. The van der Waals surface area contributed by atoms with Crippen molar-refractivity contribution in [1.82, 2.24) is 19.5 Å². The molecule has 0 aliphatic heterocycles. The molecule has 0 aliphatic rings. The Morgan fingerprint density at radius 1 is 1.13 bits per heavy atom. The summed E-state index contributed by atoms with van der Waals surface area (Å²) in [6.45, 7) is 3.13. The van der Waals surface area contributed by atoms with E-state index in [9.17, 15) is 18.4 Å². The van der Waals surface area contributed by atoms with Crippen LogP contribution in [0.4, 0.5) is 8.78 Å². The Hall–Kier alpha value is -4.19. The van der Waals surface area contributed by atoms with Gasteiger partial charge in [0.2, 0.25) is 5.88 Å². The topological polar surface area (TPSA) is 118 Å². The molecule has 0 atom stereocenters. The van der Waals surface area contributed by atoms with E-state index in [1.165, 1.54) is 37.0 Å². The van der Waals surface area contributed by atoms with E-state index >= 15 is 0 Å². The molecule has 2 aromatic carbocycles. The SMILES string of the molecule is CCOC(=O)CCc1cc(Cl)c(-n2c(=O)[nH]c3c(OC)nc(C)nc32)cc1OCc1c(OC)ccc(F)c1F. The van der Waals surface area contributed by atoms with Crippen molar-refractivity contribution >= 4 is 28.7 Å². The van der Waals surface area contributed by atoms with Gasteiger partial charge in [0.05, 0.1) is 37.1 Å². The van der Waals surface area contributed by atoms with Crippen molar-refractivity contribution in [3.8, 4) is 23.1 Å². The highest BCUT2D eigenvalue weighted by Gasteiger charge is 2.22. The highest BCUT2D eigenvalue weighted by Crippen LogP contribution is 2.34. The Kier molecular flexibility index (Phi) is 8.34. The molecular weight excluding hydrogens is 538 g/mol. The van der Waals surface area contributed by atoms with Gasteiger partial charge in [-0.1, -0.05) is 11.6 Å². The Morgan fingerprint density at radius 3 is 2.59 bits per heavy atom. The van der Waals surface area contributed by atoms with E-state index in [1.807, 2.05) is 0 Å². The second kappa shape index (κ2) is 11.7. The molecule has 2 aromatic heterocycles. The normalized spacial score (nSPS) is 11.1. The average Bonchev–Trinajstić information content (AvgIpc) is 3.23. The van der Waals surface area contributed by atoms with Gasteiger partial charge in [-0.25, -0.2) is 23.1 Å². The quantitative estimate of drug-likeness (QED) is 0.282. The Balaban J connectivity index is 1.83. The molecule has 39 heavy (non-hydrogen) atoms. The summed E-state index contributed by atoms with van der Waals surface area (Å²) in [7, 11) is 2.73. The van der Waals surface area contributed by atoms with Crippen molar-refractivity contribution in [2.24, 2.45) is 0 Å². The molecule has 1 N–H and O–H groups in total. The Morgan fingerprint density at radius 2 is 1.90 bits per heavy atom. The molecule has 0 saturated carbocycles. The zero-order chi connectivity index (χ0) is 28.3. The summed E-state index contributed by atoms with van der Waals surface area (Å²) in [6, 6.07) is 5.23. The number of benzene rings is 2. The number of nitrogens with one attached hydrogen (secondary N) is 1. The molecule has 0 unspecified atom stereocenters. The van der Waals surface area contributed by atoms with Crippen molar-refractivity contribution in [3.63, 3.8) is 0 Å². The van der Waals surface area contributed by atoms with Gasteiger partial charge >= 0.3 is 11.7 Å². The lowest BCUT2D eigenvalue weighted by atomic mass is 10.1. The Labute approximate surface area is 226 Å². The van der Waals surface area contributed by atoms with Crippen LogP contribution in [0.2, 0.25) is 5.02 Å². The molecule has 0 radical (unpaired) electrons. The van der Waals surface area contributed by atoms with Gasteiger partial charge < -0.3 is 18.9 Å². The number of H-pyrrole nitrogens is 1. The van der Waals surface area contributed by atoms with Gasteiger partial charge in [0.15, 0.2) is 17.3 Å². The highest BCUT2D eigenvalue weighted by molar-refractivity contribution is 6.32. The van der Waals surface area contributed by atoms with Crippen LogP contribution in [-0.4, -0.2) is 46.3 Å². The van der Waals surface area contributed by atoms with Gasteiger partial charge in [0.25, 0.3) is 0 Å². The lowest BCUT2D eigenvalue weighted by molar-refractivity contribution is -0.143. The number of imidazole rings is 1. The van der Waals surface area contributed by atoms with Gasteiger partial charge in [-0.2, -0.15) is 4.98 Å². The summed E-state index contributed by atoms with van der Waals surface area (Å²) in [6.07, 6.45) is 0.170. The van der Waals surface area contributed by atoms with Gasteiger partial charge in [0.1, 0.15) is 29.4 Å². The molecule has 10 nitrogen and oxygen atoms in total. The number of fused-ring (bicyclic) bond motifs is 1. The third-order valence-corrected chi connectivity index (χ3v) is 6.13. The van der Waals surface area contributed by atoms with E-state index in [1.54, 1.807) is 13.8 Å². The minimum atomic E-state index is -1.12. The molecule has 0 saturated heterocycles. The largest absolute Gasteiger partial charge is 0.496 e. The van der Waals surface area contributed by atoms with Crippen LogP contribution in [0, 0.1) is 18.6 Å². The third kappa shape index (κ3) is 5.65. The number of halogens is 3. The van der Waals surface area contributed by atoms with Crippen LogP contribution in [0.5, 0.6) is 17.4 Å². The fraction of sp³-hybridized carbons (Fsp3) is 0.308. The lowest BCUT2D eigenvalue weighted by Gasteiger charge is -2.17. The summed E-state index contributed by atoms with van der Waals surface area (Å²) >= 11 is 6.62. The van der Waals surface area contributed by atoms with Crippen molar-refractivity contribution in [2.45, 2.75) is 33.3 Å². The maximum absolute atomic E-state index is 14.6. The zero-order valence-corrected chi connectivity index (χ0v) is 22.3. The maximum atomic E-state index is 14.6. The molecule has 2 heterocycles. The van der Waals surface area contributed by atoms with Gasteiger partial charge in [-0.05, 0) is 44.0 Å². The number of aromatic nitrogens is 4. The number of esters is 1. The molecule has 0 amide bonds. The third-order valence-electron chi connectivity index (χ3n) is 5.83. The first-order chi connectivity index (χ1) is 18.7. The summed E-state index contributed by atoms with van der Waals surface area (Å²) < 4.78 is 51.1. The smallest absolute Gasteiger partial charge is 0.332 e. The minimum absolute atomic E-state index is 0.00811. The van der Waals surface area contributed by atoms with Crippen LogP contribution in [-0.2, 0) is 22.6 Å². The minimum Gasteiger partial charge on any atom is -0.496 e. The van der Waals surface area contributed by atoms with E-state index in [2.05, 4.69) is 15.0 Å². The first-order valence-corrected chi connectivity index (χ1v) is 12.2. The first-order valence-electron chi connectivity index (χ1n) is 11.8. The maximum Gasteiger partial charge on any atom is 0.332 e. The number of aryl methyl sites for hydroxylation is 2. The molecule has 4 rings (SSSR count). The predicted octanol–water partition coefficient (Wildman–Crippen LogP) is 4.44. The van der Waals surface area contributed by atoms with E-state index in [4.69, 9.17) is 30.5 Å². The standard InChI is InChI=1S/C26H25ClF2N4O6/c1-5-38-21(34)9-6-14-10-16(27)18(33-24-23(32-26(33)35)25(37-4)31-13(2)30-24)11-20(14)39-12-15-19(36-3)8-7-17(28)22(15)29/h7-8,10-11H,5-6,9,12H2,1-4H3,(H,32,35). The number of rotatable bonds is 10. The van der Waals surface area contributed by atoms with Gasteiger partial charge in [-0.15, -0.1) is 0 Å². The second-order valence-corrected chi connectivity index (χ2v) is 8.70. The van der Waals surface area contributed by atoms with Crippen LogP contribution in [0.25, 0.3) is 16.9 Å². The van der Waals surface area contributed by atoms with Crippen molar-refractivity contribution < 1.29 is 32.5 Å². The fourth-order valence-electron chi connectivity index (χ4n) is 4.04. The number of ether oxygens (including phenoxy) is 4. The number of nitrogens with zero attached hydrogens (tertiary/aromatic N) is 3. The van der Waals surface area contributed by atoms with Crippen molar-refractivity contribution in [3.05, 3.63) is 68.4 Å². The number of carbonyl (C=O) groups is 1. The van der Waals surface area contributed by atoms with Crippen LogP contribution in [0.15, 0.2) is 29.1 Å². The zero-order valence-electron chi connectivity index (χ0n) is 21.6. The molecule has 0 bridgehead atoms. The summed E-state index contributed by atoms with van der Waals surface area (Å²) in [5.41, 5.74) is 0.397. The van der Waals surface area contributed by atoms with Crippen LogP contribution in [0.3, 0.4) is 0 Å². The summed E-state index contributed by atoms with van der Waals surface area (Å²) in [5.74, 6) is -1.85. The highest BCUT2D eigenvalue weighted by atomic mass is 35.5. The first kappa shape index (κ1) is 27.8. The van der Waals surface area contributed by atoms with Crippen LogP contribution >= 0.6 is 11.6 Å². The number of hydrogen-bond donors (Lipinski definition) is 1. The van der Waals surface area contributed by atoms with Crippen molar-refractivity contribution in [1.29, 1.82) is 0 Å². The van der Waals surface area contributed by atoms with Crippen LogP contribution in [0.1, 0.15) is 30.3 Å². The number of hydrogen-bond acceptors (Lipinski definition) is 8. The molecule has 0 spiro atoms. The van der Waals surface area contributed by atoms with E-state index < -0.39 is 29.9 Å². The monoisotopic (exact) mass is 562 g/mol. The van der Waals surface area contributed by atoms with E-state index in [0.717, 1.165) is 6.07 Å². The average molecular weight is 563 g/mol. The fourth-order valence-corrected chi connectivity index (χ4v) is 4.31. The lowest BCUT2D eigenvalue weighted by Crippen LogP contribution is -2.16. The van der Waals surface area contributed by atoms with E-state index in [-0.39, 0.29) is 64.3 Å². The predicted molar refractivity (Wildman–Crippen MR) is 138 cm³/mol. The van der Waals surface area contributed by atoms with Crippen molar-refractivity contribution in [2.75, 3.05) is 20.8 Å². The number of methoxy groups -OCH3 is 2. The molecule has 4 aromatic rings. The Bertz CT molecular complexity index is 1600. The van der Waals surface area contributed by atoms with Gasteiger partial charge in [-0.3, -0.25) is 9.78 Å². The molecule has 0 aliphatic carbocycles.